The minimum Gasteiger partial charge on any atom is -0.444 e. The van der Waals surface area contributed by atoms with E-state index in [9.17, 15) is 9.18 Å². The molecule has 5 heteroatoms. The number of rotatable bonds is 8. The molecule has 1 aromatic carbocycles. The number of hydrogen-bond acceptors (Lipinski definition) is 3. The maximum atomic E-state index is 13.0. The Morgan fingerprint density at radius 2 is 1.88 bits per heavy atom. The van der Waals surface area contributed by atoms with Crippen molar-refractivity contribution in [2.45, 2.75) is 71.6 Å². The topological polar surface area (TPSA) is 50.4 Å². The van der Waals surface area contributed by atoms with Gasteiger partial charge in [0.25, 0.3) is 0 Å². The Morgan fingerprint density at radius 3 is 2.42 bits per heavy atom. The molecule has 136 valence electrons. The number of carbonyl (C=O) groups excluding carboxylic acids is 1. The second kappa shape index (κ2) is 9.62. The van der Waals surface area contributed by atoms with Gasteiger partial charge >= 0.3 is 6.09 Å². The van der Waals surface area contributed by atoms with E-state index >= 15 is 0 Å². The molecule has 0 aliphatic heterocycles. The number of halogens is 1. The molecule has 0 saturated carbocycles. The lowest BCUT2D eigenvalue weighted by Gasteiger charge is -2.25. The van der Waals surface area contributed by atoms with Gasteiger partial charge in [-0.15, -0.1) is 0 Å². The van der Waals surface area contributed by atoms with Crippen LogP contribution in [-0.4, -0.2) is 24.3 Å². The fourth-order valence-electron chi connectivity index (χ4n) is 2.42. The van der Waals surface area contributed by atoms with E-state index in [0.29, 0.717) is 6.54 Å². The number of nitrogens with one attached hydrogen (secondary N) is 2. The van der Waals surface area contributed by atoms with Gasteiger partial charge in [-0.3, -0.25) is 0 Å². The summed E-state index contributed by atoms with van der Waals surface area (Å²) in [6.07, 6.45) is 2.72. The van der Waals surface area contributed by atoms with Crippen LogP contribution < -0.4 is 10.6 Å². The minimum absolute atomic E-state index is 0.0768. The predicted molar refractivity (Wildman–Crippen MR) is 95.5 cm³/mol. The summed E-state index contributed by atoms with van der Waals surface area (Å²) >= 11 is 0. The zero-order valence-corrected chi connectivity index (χ0v) is 15.5. The van der Waals surface area contributed by atoms with E-state index in [0.717, 1.165) is 24.8 Å². The smallest absolute Gasteiger partial charge is 0.407 e. The van der Waals surface area contributed by atoms with E-state index < -0.39 is 11.7 Å². The number of benzene rings is 1. The number of amides is 1. The molecule has 2 atom stereocenters. The first-order valence-corrected chi connectivity index (χ1v) is 8.69. The molecule has 1 amide bonds. The van der Waals surface area contributed by atoms with Crippen molar-refractivity contribution >= 4 is 6.09 Å². The highest BCUT2D eigenvalue weighted by Crippen LogP contribution is 2.15. The third kappa shape index (κ3) is 8.29. The monoisotopic (exact) mass is 338 g/mol. The second-order valence-electron chi connectivity index (χ2n) is 7.16. The van der Waals surface area contributed by atoms with Crippen molar-refractivity contribution in [1.82, 2.24) is 10.6 Å². The maximum absolute atomic E-state index is 13.0. The van der Waals surface area contributed by atoms with Gasteiger partial charge in [-0.05, 0) is 51.8 Å². The van der Waals surface area contributed by atoms with Gasteiger partial charge in [0, 0.05) is 18.6 Å². The Bertz CT molecular complexity index is 497. The number of carbonyl (C=O) groups is 1. The second-order valence-corrected chi connectivity index (χ2v) is 7.16. The van der Waals surface area contributed by atoms with Crippen molar-refractivity contribution < 1.29 is 13.9 Å². The van der Waals surface area contributed by atoms with Crippen LogP contribution in [0.1, 0.15) is 65.5 Å². The van der Waals surface area contributed by atoms with E-state index in [-0.39, 0.29) is 17.9 Å². The van der Waals surface area contributed by atoms with Crippen LogP contribution >= 0.6 is 0 Å². The first-order chi connectivity index (χ1) is 11.2. The number of alkyl carbamates (subject to hydrolysis) is 1. The molecular formula is C19H31FN2O2. The third-order valence-electron chi connectivity index (χ3n) is 3.65. The highest BCUT2D eigenvalue weighted by molar-refractivity contribution is 5.67. The van der Waals surface area contributed by atoms with Crippen LogP contribution in [0.5, 0.6) is 0 Å². The molecule has 0 heterocycles. The summed E-state index contributed by atoms with van der Waals surface area (Å²) < 4.78 is 18.3. The van der Waals surface area contributed by atoms with Gasteiger partial charge < -0.3 is 15.4 Å². The highest BCUT2D eigenvalue weighted by Gasteiger charge is 2.18. The van der Waals surface area contributed by atoms with Crippen LogP contribution in [0.2, 0.25) is 0 Å². The lowest BCUT2D eigenvalue weighted by Crippen LogP contribution is -2.43. The van der Waals surface area contributed by atoms with E-state index in [1.165, 1.54) is 12.1 Å². The molecule has 0 aromatic heterocycles. The lowest BCUT2D eigenvalue weighted by molar-refractivity contribution is 0.0521. The van der Waals surface area contributed by atoms with Gasteiger partial charge in [0.2, 0.25) is 0 Å². The van der Waals surface area contributed by atoms with Gasteiger partial charge in [-0.2, -0.15) is 0 Å². The van der Waals surface area contributed by atoms with E-state index in [1.807, 2.05) is 27.7 Å². The first kappa shape index (κ1) is 20.4. The number of ether oxygens (including phenoxy) is 1. The van der Waals surface area contributed by atoms with Gasteiger partial charge in [-0.1, -0.05) is 31.9 Å². The Balaban J connectivity index is 2.57. The molecule has 0 bridgehead atoms. The number of hydrogen-bond donors (Lipinski definition) is 2. The quantitative estimate of drug-likeness (QED) is 0.730. The SMILES string of the molecule is CCCCC(CNC(=O)OC(C)(C)C)NC(C)c1ccc(F)cc1. The van der Waals surface area contributed by atoms with Crippen molar-refractivity contribution in [3.05, 3.63) is 35.6 Å². The van der Waals surface area contributed by atoms with Crippen molar-refractivity contribution in [2.24, 2.45) is 0 Å². The summed E-state index contributed by atoms with van der Waals surface area (Å²) in [7, 11) is 0. The Morgan fingerprint density at radius 1 is 1.25 bits per heavy atom. The van der Waals surface area contributed by atoms with Crippen LogP contribution in [0.4, 0.5) is 9.18 Å². The summed E-state index contributed by atoms with van der Waals surface area (Å²) in [6, 6.07) is 6.71. The van der Waals surface area contributed by atoms with Crippen molar-refractivity contribution in [2.75, 3.05) is 6.54 Å². The maximum Gasteiger partial charge on any atom is 0.407 e. The Kier molecular flexibility index (Phi) is 8.19. The van der Waals surface area contributed by atoms with Crippen LogP contribution in [0.15, 0.2) is 24.3 Å². The van der Waals surface area contributed by atoms with Crippen LogP contribution in [0.25, 0.3) is 0 Å². The van der Waals surface area contributed by atoms with Crippen molar-refractivity contribution in [3.63, 3.8) is 0 Å². The zero-order chi connectivity index (χ0) is 18.2. The molecule has 0 fully saturated rings. The molecule has 4 nitrogen and oxygen atoms in total. The van der Waals surface area contributed by atoms with E-state index in [1.54, 1.807) is 12.1 Å². The van der Waals surface area contributed by atoms with Gasteiger partial charge in [-0.25, -0.2) is 9.18 Å². The molecule has 24 heavy (non-hydrogen) atoms. The molecule has 1 rings (SSSR count). The molecular weight excluding hydrogens is 307 g/mol. The molecule has 0 spiro atoms. The Labute approximate surface area is 145 Å². The fraction of sp³-hybridized carbons (Fsp3) is 0.632. The standard InChI is InChI=1S/C19H31FN2O2/c1-6-7-8-17(13-21-18(23)24-19(3,4)5)22-14(2)15-9-11-16(20)12-10-15/h9-12,14,17,22H,6-8,13H2,1-5H3,(H,21,23). The van der Waals surface area contributed by atoms with Crippen molar-refractivity contribution in [1.29, 1.82) is 0 Å². The van der Waals surface area contributed by atoms with E-state index in [4.69, 9.17) is 4.74 Å². The van der Waals surface area contributed by atoms with Crippen LogP contribution in [-0.2, 0) is 4.74 Å². The average molecular weight is 338 g/mol. The minimum atomic E-state index is -0.502. The summed E-state index contributed by atoms with van der Waals surface area (Å²) in [5.41, 5.74) is 0.521. The van der Waals surface area contributed by atoms with Crippen LogP contribution in [0.3, 0.4) is 0 Å². The predicted octanol–water partition coefficient (Wildman–Crippen LogP) is 4.56. The highest BCUT2D eigenvalue weighted by atomic mass is 19.1. The molecule has 0 aliphatic rings. The van der Waals surface area contributed by atoms with Gasteiger partial charge in [0.1, 0.15) is 11.4 Å². The average Bonchev–Trinajstić information content (AvgIpc) is 2.48. The largest absolute Gasteiger partial charge is 0.444 e. The molecule has 2 N–H and O–H groups in total. The third-order valence-corrected chi connectivity index (χ3v) is 3.65. The first-order valence-electron chi connectivity index (χ1n) is 8.69. The normalized spacial score (nSPS) is 14.1. The van der Waals surface area contributed by atoms with Crippen LogP contribution in [0, 0.1) is 5.82 Å². The summed E-state index contributed by atoms with van der Waals surface area (Å²) in [4.78, 5) is 11.8. The molecule has 2 unspecified atom stereocenters. The Hall–Kier alpha value is -1.62. The lowest BCUT2D eigenvalue weighted by atomic mass is 10.0. The summed E-state index contributed by atoms with van der Waals surface area (Å²) in [5.74, 6) is -0.236. The van der Waals surface area contributed by atoms with E-state index in [2.05, 4.69) is 17.6 Å². The molecule has 1 aromatic rings. The molecule has 0 radical (unpaired) electrons. The molecule has 0 saturated heterocycles. The summed E-state index contributed by atoms with van der Waals surface area (Å²) in [5, 5.41) is 6.34. The fourth-order valence-corrected chi connectivity index (χ4v) is 2.42. The summed E-state index contributed by atoms with van der Waals surface area (Å²) in [6.45, 7) is 10.2. The van der Waals surface area contributed by atoms with Crippen molar-refractivity contribution in [3.8, 4) is 0 Å². The zero-order valence-electron chi connectivity index (χ0n) is 15.5. The molecule has 0 aliphatic carbocycles. The number of unbranched alkanes of at least 4 members (excludes halogenated alkanes) is 1. The van der Waals surface area contributed by atoms with Gasteiger partial charge in [0.15, 0.2) is 0 Å². The van der Waals surface area contributed by atoms with Gasteiger partial charge in [0.05, 0.1) is 0 Å².